The van der Waals surface area contributed by atoms with Crippen molar-refractivity contribution in [1.82, 2.24) is 25.1 Å². The molecule has 3 heterocycles. The highest BCUT2D eigenvalue weighted by Gasteiger charge is 2.24. The minimum Gasteiger partial charge on any atom is -0.381 e. The Hall–Kier alpha value is -2.96. The lowest BCUT2D eigenvalue weighted by atomic mass is 9.84. The Kier molecular flexibility index (Phi) is 6.26. The number of carbonyl (C=O) groups is 1. The van der Waals surface area contributed by atoms with Gasteiger partial charge in [0, 0.05) is 25.0 Å². The number of fused-ring (bicyclic) bond motifs is 1. The maximum atomic E-state index is 13.1. The Morgan fingerprint density at radius 2 is 2.03 bits per heavy atom. The maximum absolute atomic E-state index is 13.1. The van der Waals surface area contributed by atoms with Gasteiger partial charge in [-0.15, -0.1) is 0 Å². The Bertz CT molecular complexity index is 994. The lowest BCUT2D eigenvalue weighted by Crippen LogP contribution is -2.30. The quantitative estimate of drug-likeness (QED) is 0.615. The molecule has 1 atom stereocenters. The van der Waals surface area contributed by atoms with Gasteiger partial charge in [-0.3, -0.25) is 9.78 Å². The minimum absolute atomic E-state index is 0.155. The summed E-state index contributed by atoms with van der Waals surface area (Å²) in [4.78, 5) is 21.9. The molecule has 1 aliphatic carbocycles. The fraction of sp³-hybridized carbons (Fsp3) is 0.478. The molecule has 1 saturated carbocycles. The molecule has 1 fully saturated rings. The van der Waals surface area contributed by atoms with Crippen molar-refractivity contribution in [3.63, 3.8) is 0 Å². The van der Waals surface area contributed by atoms with Crippen LogP contribution in [0.3, 0.4) is 0 Å². The SMILES string of the molecule is CCn1ncc2c(N[C@H](C)C3CCCCC3)c(C(=O)NCc3ccccn3)cnc21. The number of rotatable bonds is 7. The fourth-order valence-electron chi connectivity index (χ4n) is 4.33. The Morgan fingerprint density at radius 1 is 1.20 bits per heavy atom. The molecule has 3 aromatic rings. The molecule has 3 aromatic heterocycles. The van der Waals surface area contributed by atoms with Crippen molar-refractivity contribution in [1.29, 1.82) is 0 Å². The van der Waals surface area contributed by atoms with Crippen LogP contribution in [0.4, 0.5) is 5.69 Å². The summed E-state index contributed by atoms with van der Waals surface area (Å²) in [5, 5.41) is 12.0. The van der Waals surface area contributed by atoms with Crippen molar-refractivity contribution in [3.05, 3.63) is 48.0 Å². The van der Waals surface area contributed by atoms with Gasteiger partial charge >= 0.3 is 0 Å². The van der Waals surface area contributed by atoms with Gasteiger partial charge < -0.3 is 10.6 Å². The largest absolute Gasteiger partial charge is 0.381 e. The van der Waals surface area contributed by atoms with E-state index in [1.54, 1.807) is 12.4 Å². The second kappa shape index (κ2) is 9.24. The van der Waals surface area contributed by atoms with E-state index < -0.39 is 0 Å². The zero-order valence-corrected chi connectivity index (χ0v) is 17.8. The number of nitrogens with zero attached hydrogens (tertiary/aromatic N) is 4. The van der Waals surface area contributed by atoms with E-state index >= 15 is 0 Å². The van der Waals surface area contributed by atoms with E-state index in [0.29, 0.717) is 18.0 Å². The molecule has 4 rings (SSSR count). The van der Waals surface area contributed by atoms with Gasteiger partial charge in [-0.25, -0.2) is 9.67 Å². The number of pyridine rings is 2. The van der Waals surface area contributed by atoms with Crippen LogP contribution in [0.25, 0.3) is 11.0 Å². The molecule has 7 heteroatoms. The van der Waals surface area contributed by atoms with E-state index in [4.69, 9.17) is 0 Å². The highest BCUT2D eigenvalue weighted by Crippen LogP contribution is 2.32. The van der Waals surface area contributed by atoms with E-state index in [2.05, 4.69) is 32.6 Å². The smallest absolute Gasteiger partial charge is 0.255 e. The van der Waals surface area contributed by atoms with Crippen molar-refractivity contribution in [2.24, 2.45) is 5.92 Å². The van der Waals surface area contributed by atoms with Crippen LogP contribution in [-0.2, 0) is 13.1 Å². The lowest BCUT2D eigenvalue weighted by molar-refractivity contribution is 0.0951. The highest BCUT2D eigenvalue weighted by molar-refractivity contribution is 6.06. The van der Waals surface area contributed by atoms with Crippen LogP contribution < -0.4 is 10.6 Å². The molecule has 0 aromatic carbocycles. The van der Waals surface area contributed by atoms with Crippen molar-refractivity contribution in [2.45, 2.75) is 65.1 Å². The number of hydrogen-bond acceptors (Lipinski definition) is 5. The summed E-state index contributed by atoms with van der Waals surface area (Å²) in [5.41, 5.74) is 3.01. The van der Waals surface area contributed by atoms with E-state index in [0.717, 1.165) is 29.0 Å². The molecule has 2 N–H and O–H groups in total. The average molecular weight is 407 g/mol. The zero-order chi connectivity index (χ0) is 20.9. The number of aryl methyl sites for hydroxylation is 1. The van der Waals surface area contributed by atoms with E-state index in [1.165, 1.54) is 32.1 Å². The summed E-state index contributed by atoms with van der Waals surface area (Å²) in [6, 6.07) is 5.96. The van der Waals surface area contributed by atoms with Gasteiger partial charge in [-0.2, -0.15) is 5.10 Å². The maximum Gasteiger partial charge on any atom is 0.255 e. The zero-order valence-electron chi connectivity index (χ0n) is 17.8. The number of hydrogen-bond donors (Lipinski definition) is 2. The summed E-state index contributed by atoms with van der Waals surface area (Å²) in [5.74, 6) is 0.463. The van der Waals surface area contributed by atoms with E-state index in [-0.39, 0.29) is 11.9 Å². The molecule has 0 radical (unpaired) electrons. The number of carbonyl (C=O) groups excluding carboxylic acids is 1. The lowest BCUT2D eigenvalue weighted by Gasteiger charge is -2.29. The first kappa shape index (κ1) is 20.3. The molecular weight excluding hydrogens is 376 g/mol. The van der Waals surface area contributed by atoms with Crippen LogP contribution in [0.1, 0.15) is 62.0 Å². The Labute approximate surface area is 177 Å². The van der Waals surface area contributed by atoms with Crippen molar-refractivity contribution in [2.75, 3.05) is 5.32 Å². The van der Waals surface area contributed by atoms with Crippen molar-refractivity contribution in [3.8, 4) is 0 Å². The van der Waals surface area contributed by atoms with Gasteiger partial charge in [0.05, 0.1) is 35.1 Å². The number of amides is 1. The monoisotopic (exact) mass is 406 g/mol. The summed E-state index contributed by atoms with van der Waals surface area (Å²) >= 11 is 0. The predicted molar refractivity (Wildman–Crippen MR) is 118 cm³/mol. The third kappa shape index (κ3) is 4.30. The number of anilines is 1. The van der Waals surface area contributed by atoms with E-state index in [9.17, 15) is 4.79 Å². The summed E-state index contributed by atoms with van der Waals surface area (Å²) in [6.07, 6.45) is 11.6. The number of nitrogens with one attached hydrogen (secondary N) is 2. The second-order valence-electron chi connectivity index (χ2n) is 8.08. The van der Waals surface area contributed by atoms with Gasteiger partial charge in [-0.1, -0.05) is 25.3 Å². The van der Waals surface area contributed by atoms with Crippen LogP contribution in [-0.4, -0.2) is 31.7 Å². The van der Waals surface area contributed by atoms with Crippen molar-refractivity contribution < 1.29 is 4.79 Å². The molecule has 30 heavy (non-hydrogen) atoms. The molecule has 0 unspecified atom stereocenters. The Balaban J connectivity index is 1.62. The third-order valence-corrected chi connectivity index (χ3v) is 6.10. The van der Waals surface area contributed by atoms with Gasteiger partial charge in [-0.05, 0) is 44.7 Å². The van der Waals surface area contributed by atoms with Gasteiger partial charge in [0.1, 0.15) is 0 Å². The third-order valence-electron chi connectivity index (χ3n) is 6.10. The first-order valence-corrected chi connectivity index (χ1v) is 11.0. The summed E-state index contributed by atoms with van der Waals surface area (Å²) in [6.45, 7) is 5.38. The second-order valence-corrected chi connectivity index (χ2v) is 8.08. The van der Waals surface area contributed by atoms with Crippen molar-refractivity contribution >= 4 is 22.6 Å². The molecule has 1 amide bonds. The molecular formula is C23H30N6O. The normalized spacial score (nSPS) is 15.8. The molecule has 0 aliphatic heterocycles. The van der Waals surface area contributed by atoms with Crippen LogP contribution in [0.15, 0.2) is 36.8 Å². The van der Waals surface area contributed by atoms with Gasteiger partial charge in [0.2, 0.25) is 0 Å². The molecule has 1 aliphatic rings. The summed E-state index contributed by atoms with van der Waals surface area (Å²) in [7, 11) is 0. The minimum atomic E-state index is -0.155. The summed E-state index contributed by atoms with van der Waals surface area (Å²) < 4.78 is 1.86. The van der Waals surface area contributed by atoms with Crippen LogP contribution in [0, 0.1) is 5.92 Å². The van der Waals surface area contributed by atoms with Crippen LogP contribution in [0.5, 0.6) is 0 Å². The topological polar surface area (TPSA) is 84.7 Å². The van der Waals surface area contributed by atoms with Crippen LogP contribution >= 0.6 is 0 Å². The average Bonchev–Trinajstić information content (AvgIpc) is 3.22. The first-order valence-electron chi connectivity index (χ1n) is 11.0. The predicted octanol–water partition coefficient (Wildman–Crippen LogP) is 4.16. The van der Waals surface area contributed by atoms with Gasteiger partial charge in [0.15, 0.2) is 5.65 Å². The number of aromatic nitrogens is 4. The standard InChI is InChI=1S/C23H30N6O/c1-3-29-22-19(15-27-29)21(28-16(2)17-9-5-4-6-10-17)20(14-25-22)23(30)26-13-18-11-7-8-12-24-18/h7-8,11-12,14-17H,3-6,9-10,13H2,1-2H3,(H,25,28)(H,26,30)/t16-/m1/s1. The molecule has 158 valence electrons. The molecule has 0 saturated heterocycles. The highest BCUT2D eigenvalue weighted by atomic mass is 16.1. The van der Waals surface area contributed by atoms with Gasteiger partial charge in [0.25, 0.3) is 5.91 Å². The molecule has 0 spiro atoms. The molecule has 7 nitrogen and oxygen atoms in total. The first-order chi connectivity index (χ1) is 14.7. The molecule has 0 bridgehead atoms. The fourth-order valence-corrected chi connectivity index (χ4v) is 4.33. The van der Waals surface area contributed by atoms with E-state index in [1.807, 2.05) is 36.0 Å². The van der Waals surface area contributed by atoms with Crippen LogP contribution in [0.2, 0.25) is 0 Å². The Morgan fingerprint density at radius 3 is 2.77 bits per heavy atom.